The van der Waals surface area contributed by atoms with Gasteiger partial charge in [-0.05, 0) is 67.1 Å². The van der Waals surface area contributed by atoms with Crippen molar-refractivity contribution in [1.82, 2.24) is 9.13 Å². The molecule has 0 saturated heterocycles. The molecular formula is C44H31N3O. The molecule has 9 aromatic rings. The zero-order chi connectivity index (χ0) is 31.9. The van der Waals surface area contributed by atoms with E-state index in [1.807, 2.05) is 12.1 Å². The highest BCUT2D eigenvalue weighted by Crippen LogP contribution is 2.46. The van der Waals surface area contributed by atoms with E-state index in [-0.39, 0.29) is 0 Å². The van der Waals surface area contributed by atoms with Gasteiger partial charge in [0.2, 0.25) is 0 Å². The minimum absolute atomic E-state index is 0.468. The molecule has 10 rings (SSSR count). The summed E-state index contributed by atoms with van der Waals surface area (Å²) in [6, 6.07) is 47.4. The van der Waals surface area contributed by atoms with Crippen LogP contribution in [0.4, 0.5) is 0 Å². The van der Waals surface area contributed by atoms with Crippen molar-refractivity contribution in [2.75, 3.05) is 0 Å². The Hall–Kier alpha value is -6.05. The molecule has 4 nitrogen and oxygen atoms in total. The van der Waals surface area contributed by atoms with Gasteiger partial charge in [0.15, 0.2) is 5.58 Å². The lowest BCUT2D eigenvalue weighted by Gasteiger charge is -2.23. The molecule has 0 fully saturated rings. The summed E-state index contributed by atoms with van der Waals surface area (Å²) in [4.78, 5) is 0. The van der Waals surface area contributed by atoms with Crippen LogP contribution in [0.25, 0.3) is 77.1 Å². The average molecular weight is 618 g/mol. The Morgan fingerprint density at radius 2 is 1.29 bits per heavy atom. The predicted octanol–water partition coefficient (Wildman–Crippen LogP) is 11.6. The highest BCUT2D eigenvalue weighted by Gasteiger charge is 2.28. The lowest BCUT2D eigenvalue weighted by Crippen LogP contribution is -2.11. The number of hydrogen-bond donors (Lipinski definition) is 0. The van der Waals surface area contributed by atoms with Crippen LogP contribution in [-0.4, -0.2) is 9.13 Å². The normalized spacial score (nSPS) is 14.7. The van der Waals surface area contributed by atoms with Crippen molar-refractivity contribution < 1.29 is 4.42 Å². The van der Waals surface area contributed by atoms with Crippen molar-refractivity contribution in [2.45, 2.75) is 32.1 Å². The lowest BCUT2D eigenvalue weighted by molar-refractivity contribution is 0.581. The van der Waals surface area contributed by atoms with E-state index in [4.69, 9.17) is 4.42 Å². The molecule has 1 aliphatic rings. The SMILES string of the molecule is CC1CCCc2c1c1ccccc1n2-c1c(C#N)cccc1-c1cccc2c1oc1c2ccc2c3ccccc3n(-c3ccccc3)c21. The first kappa shape index (κ1) is 27.1. The quantitative estimate of drug-likeness (QED) is 0.198. The Labute approximate surface area is 277 Å². The third-order valence-corrected chi connectivity index (χ3v) is 10.5. The lowest BCUT2D eigenvalue weighted by atomic mass is 9.86. The Balaban J connectivity index is 1.31. The number of para-hydroxylation sites is 5. The zero-order valence-corrected chi connectivity index (χ0v) is 26.6. The van der Waals surface area contributed by atoms with Crippen molar-refractivity contribution in [3.8, 4) is 28.6 Å². The first-order valence-corrected chi connectivity index (χ1v) is 16.8. The second-order valence-electron chi connectivity index (χ2n) is 13.1. The van der Waals surface area contributed by atoms with Gasteiger partial charge in [-0.1, -0.05) is 97.9 Å². The largest absolute Gasteiger partial charge is 0.453 e. The van der Waals surface area contributed by atoms with E-state index < -0.39 is 0 Å². The van der Waals surface area contributed by atoms with Gasteiger partial charge in [-0.3, -0.25) is 0 Å². The van der Waals surface area contributed by atoms with Gasteiger partial charge in [-0.2, -0.15) is 5.26 Å². The Morgan fingerprint density at radius 1 is 0.625 bits per heavy atom. The van der Waals surface area contributed by atoms with Crippen LogP contribution >= 0.6 is 0 Å². The second kappa shape index (κ2) is 10.2. The second-order valence-corrected chi connectivity index (χ2v) is 13.1. The molecule has 48 heavy (non-hydrogen) atoms. The van der Waals surface area contributed by atoms with Gasteiger partial charge in [0.1, 0.15) is 11.7 Å². The van der Waals surface area contributed by atoms with E-state index in [9.17, 15) is 5.26 Å². The number of benzene rings is 6. The molecule has 0 N–H and O–H groups in total. The van der Waals surface area contributed by atoms with E-state index in [0.29, 0.717) is 11.5 Å². The molecule has 6 aromatic carbocycles. The Kier molecular flexibility index (Phi) is 5.77. The van der Waals surface area contributed by atoms with Crippen molar-refractivity contribution >= 4 is 54.6 Å². The maximum Gasteiger partial charge on any atom is 0.160 e. The van der Waals surface area contributed by atoms with Crippen LogP contribution < -0.4 is 0 Å². The summed E-state index contributed by atoms with van der Waals surface area (Å²) in [5, 5.41) is 16.4. The number of fused-ring (bicyclic) bond motifs is 10. The number of nitrogens with zero attached hydrogens (tertiary/aromatic N) is 3. The molecular weight excluding hydrogens is 587 g/mol. The summed E-state index contributed by atoms with van der Waals surface area (Å²) in [7, 11) is 0. The first-order chi connectivity index (χ1) is 23.7. The van der Waals surface area contributed by atoms with Gasteiger partial charge in [-0.25, -0.2) is 0 Å². The molecule has 3 heterocycles. The van der Waals surface area contributed by atoms with Crippen LogP contribution in [0.1, 0.15) is 42.5 Å². The van der Waals surface area contributed by atoms with Gasteiger partial charge in [0, 0.05) is 49.4 Å². The molecule has 1 atom stereocenters. The smallest absolute Gasteiger partial charge is 0.160 e. The van der Waals surface area contributed by atoms with E-state index in [0.717, 1.165) is 79.2 Å². The van der Waals surface area contributed by atoms with Gasteiger partial charge < -0.3 is 13.6 Å². The number of aromatic nitrogens is 2. The number of hydrogen-bond acceptors (Lipinski definition) is 2. The van der Waals surface area contributed by atoms with Crippen LogP contribution in [0.5, 0.6) is 0 Å². The van der Waals surface area contributed by atoms with Crippen LogP contribution in [0.2, 0.25) is 0 Å². The van der Waals surface area contributed by atoms with Crippen LogP contribution in [0, 0.1) is 11.3 Å². The fraction of sp³-hybridized carbons (Fsp3) is 0.114. The first-order valence-electron chi connectivity index (χ1n) is 16.8. The molecule has 0 saturated carbocycles. The molecule has 0 amide bonds. The minimum atomic E-state index is 0.468. The standard InChI is InChI=1S/C44H31N3O/c1-27-12-9-23-39-40(27)36-17-6-8-22-38(36)47(39)41-28(26-45)13-10-18-31(41)33-19-11-20-34-35-25-24-32-30-16-5-7-21-37(30)46(29-14-3-2-4-15-29)42(32)44(35)48-43(33)34/h2-8,10-11,13-22,24-25,27H,9,12,23H2,1H3. The van der Waals surface area contributed by atoms with Crippen LogP contribution in [0.3, 0.4) is 0 Å². The number of furan rings is 1. The molecule has 0 bridgehead atoms. The third kappa shape index (κ3) is 3.64. The summed E-state index contributed by atoms with van der Waals surface area (Å²) >= 11 is 0. The maximum atomic E-state index is 10.6. The maximum absolute atomic E-state index is 10.6. The van der Waals surface area contributed by atoms with E-state index in [1.54, 1.807) is 0 Å². The molecule has 0 spiro atoms. The minimum Gasteiger partial charge on any atom is -0.453 e. The predicted molar refractivity (Wildman–Crippen MR) is 196 cm³/mol. The Morgan fingerprint density at radius 3 is 2.12 bits per heavy atom. The molecule has 4 heteroatoms. The number of rotatable bonds is 3. The van der Waals surface area contributed by atoms with Crippen molar-refractivity contribution in [2.24, 2.45) is 0 Å². The topological polar surface area (TPSA) is 46.8 Å². The van der Waals surface area contributed by atoms with Gasteiger partial charge in [-0.15, -0.1) is 0 Å². The fourth-order valence-electron chi connectivity index (χ4n) is 8.54. The van der Waals surface area contributed by atoms with E-state index in [2.05, 4.69) is 137 Å². The van der Waals surface area contributed by atoms with Crippen molar-refractivity contribution in [3.05, 3.63) is 144 Å². The highest BCUT2D eigenvalue weighted by molar-refractivity contribution is 6.22. The molecule has 1 aliphatic carbocycles. The summed E-state index contributed by atoms with van der Waals surface area (Å²) in [5.74, 6) is 0.468. The highest BCUT2D eigenvalue weighted by atomic mass is 16.3. The zero-order valence-electron chi connectivity index (χ0n) is 26.6. The van der Waals surface area contributed by atoms with Gasteiger partial charge >= 0.3 is 0 Å². The third-order valence-electron chi connectivity index (χ3n) is 10.5. The molecule has 1 unspecified atom stereocenters. The molecule has 3 aromatic heterocycles. The van der Waals surface area contributed by atoms with Crippen LogP contribution in [0.15, 0.2) is 132 Å². The Bertz CT molecular complexity index is 2790. The van der Waals surface area contributed by atoms with Crippen LogP contribution in [-0.2, 0) is 6.42 Å². The van der Waals surface area contributed by atoms with E-state index >= 15 is 0 Å². The molecule has 0 radical (unpaired) electrons. The summed E-state index contributed by atoms with van der Waals surface area (Å²) in [6.07, 6.45) is 3.31. The summed E-state index contributed by atoms with van der Waals surface area (Å²) in [5.41, 5.74) is 12.5. The monoisotopic (exact) mass is 617 g/mol. The molecule has 228 valence electrons. The van der Waals surface area contributed by atoms with Gasteiger partial charge in [0.05, 0.1) is 27.8 Å². The van der Waals surface area contributed by atoms with Crippen molar-refractivity contribution in [3.63, 3.8) is 0 Å². The van der Waals surface area contributed by atoms with Crippen molar-refractivity contribution in [1.29, 1.82) is 5.26 Å². The fourth-order valence-corrected chi connectivity index (χ4v) is 8.54. The summed E-state index contributed by atoms with van der Waals surface area (Å²) < 4.78 is 11.8. The van der Waals surface area contributed by atoms with Gasteiger partial charge in [0.25, 0.3) is 0 Å². The van der Waals surface area contributed by atoms with E-state index in [1.165, 1.54) is 28.5 Å². The molecule has 0 aliphatic heterocycles. The number of nitriles is 1. The average Bonchev–Trinajstić information content (AvgIpc) is 3.80. The summed E-state index contributed by atoms with van der Waals surface area (Å²) in [6.45, 7) is 2.34.